The second-order valence-corrected chi connectivity index (χ2v) is 5.83. The molecule has 0 radical (unpaired) electrons. The lowest BCUT2D eigenvalue weighted by Crippen LogP contribution is -2.27. The molecule has 19 heavy (non-hydrogen) atoms. The first-order chi connectivity index (χ1) is 9.26. The van der Waals surface area contributed by atoms with Crippen molar-refractivity contribution in [2.24, 2.45) is 5.92 Å². The Morgan fingerprint density at radius 2 is 2.16 bits per heavy atom. The van der Waals surface area contributed by atoms with Crippen molar-refractivity contribution >= 4 is 0 Å². The van der Waals surface area contributed by atoms with Crippen LogP contribution in [0.25, 0.3) is 0 Å². The van der Waals surface area contributed by atoms with E-state index in [1.165, 1.54) is 50.0 Å². The number of aryl methyl sites for hydroxylation is 2. The highest BCUT2D eigenvalue weighted by Crippen LogP contribution is 2.29. The molecular weight excluding hydrogens is 234 g/mol. The van der Waals surface area contributed by atoms with E-state index in [4.69, 9.17) is 0 Å². The van der Waals surface area contributed by atoms with Crippen molar-refractivity contribution in [2.75, 3.05) is 6.54 Å². The molecule has 2 rings (SSSR count). The Bertz CT molecular complexity index is 383. The van der Waals surface area contributed by atoms with Gasteiger partial charge < -0.3 is 5.32 Å². The minimum Gasteiger partial charge on any atom is -0.314 e. The zero-order valence-electron chi connectivity index (χ0n) is 12.8. The normalized spacial score (nSPS) is 23.1. The largest absolute Gasteiger partial charge is 0.314 e. The second kappa shape index (κ2) is 7.09. The molecule has 108 valence electrons. The van der Waals surface area contributed by atoms with Crippen LogP contribution in [0.1, 0.15) is 57.8 Å². The van der Waals surface area contributed by atoms with Gasteiger partial charge >= 0.3 is 0 Å². The van der Waals surface area contributed by atoms with E-state index < -0.39 is 0 Å². The molecule has 3 nitrogen and oxygen atoms in total. The first-order valence-corrected chi connectivity index (χ1v) is 8.05. The summed E-state index contributed by atoms with van der Waals surface area (Å²) < 4.78 is 2.20. The zero-order chi connectivity index (χ0) is 13.7. The van der Waals surface area contributed by atoms with Crippen molar-refractivity contribution < 1.29 is 0 Å². The molecule has 2 atom stereocenters. The van der Waals surface area contributed by atoms with Crippen LogP contribution in [0.3, 0.4) is 0 Å². The lowest BCUT2D eigenvalue weighted by molar-refractivity contribution is 0.470. The molecule has 0 saturated heterocycles. The van der Waals surface area contributed by atoms with Crippen LogP contribution >= 0.6 is 0 Å². The quantitative estimate of drug-likeness (QED) is 0.819. The van der Waals surface area contributed by atoms with Crippen LogP contribution in [-0.4, -0.2) is 22.4 Å². The molecule has 1 aromatic heterocycles. The summed E-state index contributed by atoms with van der Waals surface area (Å²) in [7, 11) is 0. The van der Waals surface area contributed by atoms with E-state index in [0.29, 0.717) is 0 Å². The second-order valence-electron chi connectivity index (χ2n) is 5.83. The van der Waals surface area contributed by atoms with Crippen LogP contribution in [0.5, 0.6) is 0 Å². The average molecular weight is 263 g/mol. The monoisotopic (exact) mass is 263 g/mol. The number of nitrogens with zero attached hydrogens (tertiary/aromatic N) is 2. The Labute approximate surface area is 117 Å². The van der Waals surface area contributed by atoms with Gasteiger partial charge in [0.2, 0.25) is 0 Å². The summed E-state index contributed by atoms with van der Waals surface area (Å²) in [6.07, 6.45) is 7.57. The predicted octanol–water partition coefficient (Wildman–Crippen LogP) is 3.18. The smallest absolute Gasteiger partial charge is 0.0624 e. The van der Waals surface area contributed by atoms with E-state index in [1.807, 2.05) is 0 Å². The highest BCUT2D eigenvalue weighted by atomic mass is 15.3. The van der Waals surface area contributed by atoms with Crippen LogP contribution in [-0.2, 0) is 19.4 Å². The maximum absolute atomic E-state index is 4.66. The number of hydrogen-bond acceptors (Lipinski definition) is 2. The van der Waals surface area contributed by atoms with E-state index in [9.17, 15) is 0 Å². The van der Waals surface area contributed by atoms with Crippen LogP contribution in [0.2, 0.25) is 0 Å². The van der Waals surface area contributed by atoms with Gasteiger partial charge in [-0.3, -0.25) is 4.68 Å². The highest BCUT2D eigenvalue weighted by molar-refractivity contribution is 5.11. The zero-order valence-corrected chi connectivity index (χ0v) is 12.8. The first-order valence-electron chi connectivity index (χ1n) is 8.05. The molecule has 1 aromatic rings. The van der Waals surface area contributed by atoms with Gasteiger partial charge in [-0.25, -0.2) is 0 Å². The van der Waals surface area contributed by atoms with E-state index in [0.717, 1.165) is 24.9 Å². The summed E-state index contributed by atoms with van der Waals surface area (Å²) in [6.45, 7) is 8.79. The summed E-state index contributed by atoms with van der Waals surface area (Å²) in [5.41, 5.74) is 2.69. The molecule has 0 amide bonds. The van der Waals surface area contributed by atoms with Crippen molar-refractivity contribution in [3.8, 4) is 0 Å². The molecule has 2 unspecified atom stereocenters. The van der Waals surface area contributed by atoms with E-state index >= 15 is 0 Å². The van der Waals surface area contributed by atoms with Gasteiger partial charge in [0.25, 0.3) is 0 Å². The molecule has 3 heteroatoms. The maximum Gasteiger partial charge on any atom is 0.0624 e. The number of rotatable bonds is 7. The van der Waals surface area contributed by atoms with Crippen LogP contribution in [0, 0.1) is 5.92 Å². The third-order valence-corrected chi connectivity index (χ3v) is 4.30. The predicted molar refractivity (Wildman–Crippen MR) is 80.4 cm³/mol. The SMILES string of the molecule is CCCNC1CCC(Cc2cc(CC)nn2CC)C1. The fourth-order valence-electron chi connectivity index (χ4n) is 3.22. The van der Waals surface area contributed by atoms with E-state index in [-0.39, 0.29) is 0 Å². The lowest BCUT2D eigenvalue weighted by Gasteiger charge is -2.13. The molecule has 1 saturated carbocycles. The van der Waals surface area contributed by atoms with Crippen molar-refractivity contribution in [3.05, 3.63) is 17.5 Å². The Hall–Kier alpha value is -0.830. The fourth-order valence-corrected chi connectivity index (χ4v) is 3.22. The average Bonchev–Trinajstić information content (AvgIpc) is 3.03. The topological polar surface area (TPSA) is 29.9 Å². The third-order valence-electron chi connectivity index (χ3n) is 4.30. The van der Waals surface area contributed by atoms with Crippen molar-refractivity contribution in [1.82, 2.24) is 15.1 Å². The molecular formula is C16H29N3. The van der Waals surface area contributed by atoms with Crippen molar-refractivity contribution in [1.29, 1.82) is 0 Å². The number of aromatic nitrogens is 2. The maximum atomic E-state index is 4.66. The van der Waals surface area contributed by atoms with E-state index in [1.54, 1.807) is 0 Å². The van der Waals surface area contributed by atoms with Crippen LogP contribution in [0.4, 0.5) is 0 Å². The molecule has 1 N–H and O–H groups in total. The standard InChI is InChI=1S/C16H29N3/c1-4-9-17-15-8-7-13(10-15)11-16-12-14(5-2)18-19(16)6-3/h12-13,15,17H,4-11H2,1-3H3. The van der Waals surface area contributed by atoms with Crippen LogP contribution < -0.4 is 5.32 Å². The molecule has 1 aliphatic rings. The van der Waals surface area contributed by atoms with Gasteiger partial charge in [0.05, 0.1) is 5.69 Å². The first kappa shape index (κ1) is 14.6. The lowest BCUT2D eigenvalue weighted by atomic mass is 10.0. The Kier molecular flexibility index (Phi) is 5.44. The number of hydrogen-bond donors (Lipinski definition) is 1. The van der Waals surface area contributed by atoms with Crippen molar-refractivity contribution in [3.63, 3.8) is 0 Å². The molecule has 0 bridgehead atoms. The van der Waals surface area contributed by atoms with Gasteiger partial charge in [0, 0.05) is 18.3 Å². The van der Waals surface area contributed by atoms with Gasteiger partial charge in [0.15, 0.2) is 0 Å². The molecule has 0 aliphatic heterocycles. The summed E-state index contributed by atoms with van der Waals surface area (Å²) in [4.78, 5) is 0. The van der Waals surface area contributed by atoms with Gasteiger partial charge in [-0.1, -0.05) is 13.8 Å². The van der Waals surface area contributed by atoms with Crippen molar-refractivity contribution in [2.45, 2.75) is 71.9 Å². The summed E-state index contributed by atoms with van der Waals surface area (Å²) >= 11 is 0. The summed E-state index contributed by atoms with van der Waals surface area (Å²) in [5.74, 6) is 0.848. The summed E-state index contributed by atoms with van der Waals surface area (Å²) in [6, 6.07) is 3.07. The molecule has 1 heterocycles. The number of nitrogens with one attached hydrogen (secondary N) is 1. The molecule has 0 spiro atoms. The Balaban J connectivity index is 1.89. The fraction of sp³-hybridized carbons (Fsp3) is 0.812. The van der Waals surface area contributed by atoms with E-state index in [2.05, 4.69) is 41.9 Å². The Morgan fingerprint density at radius 1 is 1.32 bits per heavy atom. The van der Waals surface area contributed by atoms with Gasteiger partial charge in [-0.2, -0.15) is 5.10 Å². The third kappa shape index (κ3) is 3.82. The summed E-state index contributed by atoms with van der Waals surface area (Å²) in [5, 5.41) is 8.33. The Morgan fingerprint density at radius 3 is 2.84 bits per heavy atom. The minimum atomic E-state index is 0.758. The minimum absolute atomic E-state index is 0.758. The highest BCUT2D eigenvalue weighted by Gasteiger charge is 2.25. The van der Waals surface area contributed by atoms with Gasteiger partial charge in [0.1, 0.15) is 0 Å². The van der Waals surface area contributed by atoms with Crippen LogP contribution in [0.15, 0.2) is 6.07 Å². The molecule has 0 aromatic carbocycles. The van der Waals surface area contributed by atoms with Gasteiger partial charge in [-0.05, 0) is 64.0 Å². The molecule has 1 fully saturated rings. The molecule has 1 aliphatic carbocycles. The van der Waals surface area contributed by atoms with Gasteiger partial charge in [-0.15, -0.1) is 0 Å².